The first-order chi connectivity index (χ1) is 26.4. The van der Waals surface area contributed by atoms with Crippen molar-refractivity contribution >= 4 is 28.9 Å². The number of hydrogen-bond donors (Lipinski definition) is 2. The highest BCUT2D eigenvalue weighted by atomic mass is 19.4. The molecule has 0 saturated carbocycles. The number of nitrogens with zero attached hydrogens (tertiary/aromatic N) is 3. The van der Waals surface area contributed by atoms with Crippen molar-refractivity contribution in [2.24, 2.45) is 0 Å². The van der Waals surface area contributed by atoms with E-state index in [1.165, 1.54) is 23.9 Å². The number of fused-ring (bicyclic) bond motifs is 1. The van der Waals surface area contributed by atoms with Crippen LogP contribution in [0.25, 0.3) is 16.7 Å². The maximum absolute atomic E-state index is 13.4. The number of carbonyl (C=O) groups excluding carboxylic acids is 2. The van der Waals surface area contributed by atoms with Crippen molar-refractivity contribution in [1.82, 2.24) is 20.3 Å². The molecule has 0 aliphatic carbocycles. The molecule has 0 spiro atoms. The monoisotopic (exact) mass is 752 g/mol. The summed E-state index contributed by atoms with van der Waals surface area (Å²) in [7, 11) is 0. The van der Waals surface area contributed by atoms with Gasteiger partial charge in [0.15, 0.2) is 0 Å². The van der Waals surface area contributed by atoms with Crippen LogP contribution >= 0.6 is 0 Å². The first-order valence-electron chi connectivity index (χ1n) is 17.1. The van der Waals surface area contributed by atoms with Crippen molar-refractivity contribution in [3.8, 4) is 17.2 Å². The summed E-state index contributed by atoms with van der Waals surface area (Å²) in [4.78, 5) is 38.1. The number of benzene rings is 5. The number of carboxylic acid groups (broad SMARTS) is 1. The van der Waals surface area contributed by atoms with Crippen LogP contribution in [-0.2, 0) is 31.7 Å². The number of ether oxygens (including phenoxy) is 3. The van der Waals surface area contributed by atoms with Crippen LogP contribution in [0.2, 0.25) is 0 Å². The largest absolute Gasteiger partial charge is 0.478 e. The second-order valence-corrected chi connectivity index (χ2v) is 12.6. The third-order valence-corrected chi connectivity index (χ3v) is 8.42. The van der Waals surface area contributed by atoms with E-state index in [1.54, 1.807) is 72.8 Å². The maximum atomic E-state index is 13.4. The van der Waals surface area contributed by atoms with E-state index in [9.17, 15) is 32.7 Å². The van der Waals surface area contributed by atoms with Gasteiger partial charge in [-0.15, -0.1) is 15.0 Å². The van der Waals surface area contributed by atoms with E-state index in [0.717, 1.165) is 28.8 Å². The Hall–Kier alpha value is -6.70. The van der Waals surface area contributed by atoms with Crippen LogP contribution < -0.4 is 14.8 Å². The normalized spacial score (nSPS) is 12.5. The van der Waals surface area contributed by atoms with Crippen molar-refractivity contribution in [3.63, 3.8) is 0 Å². The molecule has 0 aliphatic rings. The van der Waals surface area contributed by atoms with Crippen molar-refractivity contribution in [2.75, 3.05) is 13.2 Å². The van der Waals surface area contributed by atoms with Crippen molar-refractivity contribution in [3.05, 3.63) is 149 Å². The molecule has 2 N–H and O–H groups in total. The summed E-state index contributed by atoms with van der Waals surface area (Å²) in [5.74, 6) is -2.23. The third-order valence-electron chi connectivity index (χ3n) is 8.42. The third kappa shape index (κ3) is 9.46. The number of carboxylic acids is 1. The molecule has 1 amide bonds. The van der Waals surface area contributed by atoms with Gasteiger partial charge >= 0.3 is 18.1 Å². The fourth-order valence-electron chi connectivity index (χ4n) is 5.76. The highest BCUT2D eigenvalue weighted by molar-refractivity contribution is 5.79. The number of amides is 1. The zero-order valence-electron chi connectivity index (χ0n) is 29.6. The Labute approximate surface area is 313 Å². The number of carbonyl (C=O) groups is 3. The average Bonchev–Trinajstić information content (AvgIpc) is 3.61. The van der Waals surface area contributed by atoms with Gasteiger partial charge in [-0.25, -0.2) is 9.59 Å². The van der Waals surface area contributed by atoms with Crippen molar-refractivity contribution in [1.29, 1.82) is 0 Å². The van der Waals surface area contributed by atoms with Gasteiger partial charge in [-0.3, -0.25) is 4.79 Å². The summed E-state index contributed by atoms with van der Waals surface area (Å²) in [6.45, 7) is 3.07. The van der Waals surface area contributed by atoms with Gasteiger partial charge < -0.3 is 24.6 Å². The smallest absolute Gasteiger partial charge is 0.416 e. The summed E-state index contributed by atoms with van der Waals surface area (Å²) >= 11 is 0. The van der Waals surface area contributed by atoms with Gasteiger partial charge in [0.1, 0.15) is 34.8 Å². The van der Waals surface area contributed by atoms with Gasteiger partial charge in [-0.2, -0.15) is 13.2 Å². The molecule has 6 rings (SSSR count). The molecule has 1 aromatic heterocycles. The van der Waals surface area contributed by atoms with Gasteiger partial charge in [0.2, 0.25) is 18.1 Å². The number of nitrogens with one attached hydrogen (secondary N) is 1. The molecule has 6 aromatic rings. The van der Waals surface area contributed by atoms with Crippen LogP contribution in [0.1, 0.15) is 52.5 Å². The predicted octanol–water partition coefficient (Wildman–Crippen LogP) is 7.34. The Morgan fingerprint density at radius 3 is 2.25 bits per heavy atom. The first kappa shape index (κ1) is 38.0. The Bertz CT molecular complexity index is 2310. The van der Waals surface area contributed by atoms with E-state index < -0.39 is 35.9 Å². The van der Waals surface area contributed by atoms with Crippen LogP contribution in [0.5, 0.6) is 11.5 Å². The SMILES string of the molecule is CC(=O)NCCOC(=O)C(Oc1cccc(C(F)(F)F)c1)c1ccc(Cc2cccc3nn(-c4cc(C)ccc4OC(C(=O)O)c4ccccc4)nc23)cc1. The molecule has 0 fully saturated rings. The Balaban J connectivity index is 1.25. The molecule has 282 valence electrons. The minimum atomic E-state index is -4.62. The van der Waals surface area contributed by atoms with E-state index in [-0.39, 0.29) is 30.6 Å². The summed E-state index contributed by atoms with van der Waals surface area (Å²) < 4.78 is 57.4. The summed E-state index contributed by atoms with van der Waals surface area (Å²) in [6.07, 6.45) is -6.91. The first-order valence-corrected chi connectivity index (χ1v) is 17.1. The molecule has 14 heteroatoms. The van der Waals surface area contributed by atoms with Gasteiger partial charge in [-0.05, 0) is 66.4 Å². The second kappa shape index (κ2) is 16.5. The number of hydrogen-bond acceptors (Lipinski definition) is 8. The van der Waals surface area contributed by atoms with Gasteiger partial charge in [-0.1, -0.05) is 78.9 Å². The van der Waals surface area contributed by atoms with E-state index >= 15 is 0 Å². The standard InChI is InChI=1S/C41H35F3N4O7/c1-25-14-19-35(55-37(39(50)51)28-8-4-3-5-9-28)34(22-25)48-46-33-13-6-10-30(36(33)47-48)23-27-15-17-29(18-16-27)38(40(52)53-21-20-45-26(2)49)54-32-12-7-11-31(24-32)41(42,43)44/h3-19,22,24,37-38H,20-21,23H2,1-2H3,(H,45,49)(H,50,51). The summed E-state index contributed by atoms with van der Waals surface area (Å²) in [5, 5.41) is 22.0. The van der Waals surface area contributed by atoms with Crippen molar-refractivity contribution in [2.45, 2.75) is 38.7 Å². The van der Waals surface area contributed by atoms with Gasteiger partial charge in [0.05, 0.1) is 12.1 Å². The number of aliphatic carboxylic acids is 1. The molecule has 0 bridgehead atoms. The fraction of sp³-hybridized carbons (Fsp3) is 0.195. The van der Waals surface area contributed by atoms with E-state index in [2.05, 4.69) is 10.4 Å². The summed E-state index contributed by atoms with van der Waals surface area (Å²) in [6, 6.07) is 30.4. The molecule has 2 unspecified atom stereocenters. The molecule has 0 radical (unpaired) electrons. The average molecular weight is 753 g/mol. The lowest BCUT2D eigenvalue weighted by Gasteiger charge is -2.19. The molecule has 5 aromatic carbocycles. The van der Waals surface area contributed by atoms with Crippen LogP contribution in [0.3, 0.4) is 0 Å². The lowest BCUT2D eigenvalue weighted by Crippen LogP contribution is -2.28. The van der Waals surface area contributed by atoms with E-state index in [1.807, 2.05) is 25.1 Å². The zero-order chi connectivity index (χ0) is 39.1. The lowest BCUT2D eigenvalue weighted by atomic mass is 10.0. The van der Waals surface area contributed by atoms with Crippen LogP contribution in [0, 0.1) is 6.92 Å². The Kier molecular flexibility index (Phi) is 11.4. The second-order valence-electron chi connectivity index (χ2n) is 12.6. The summed E-state index contributed by atoms with van der Waals surface area (Å²) in [5.41, 5.74) is 3.99. The number of alkyl halides is 3. The van der Waals surface area contributed by atoms with Crippen LogP contribution in [-0.4, -0.2) is 51.1 Å². The highest BCUT2D eigenvalue weighted by Gasteiger charge is 2.32. The Morgan fingerprint density at radius 2 is 1.55 bits per heavy atom. The predicted molar refractivity (Wildman–Crippen MR) is 195 cm³/mol. The number of aryl methyl sites for hydroxylation is 1. The highest BCUT2D eigenvalue weighted by Crippen LogP contribution is 2.34. The fourth-order valence-corrected chi connectivity index (χ4v) is 5.76. The van der Waals surface area contributed by atoms with E-state index in [0.29, 0.717) is 34.3 Å². The lowest BCUT2D eigenvalue weighted by molar-refractivity contribution is -0.152. The molecule has 1 heterocycles. The topological polar surface area (TPSA) is 142 Å². The Morgan fingerprint density at radius 1 is 0.818 bits per heavy atom. The molecule has 55 heavy (non-hydrogen) atoms. The number of halogens is 3. The van der Waals surface area contributed by atoms with Gasteiger partial charge in [0.25, 0.3) is 0 Å². The minimum Gasteiger partial charge on any atom is -0.478 e. The quantitative estimate of drug-likeness (QED) is 0.0864. The molecular weight excluding hydrogens is 717 g/mol. The van der Waals surface area contributed by atoms with Crippen LogP contribution in [0.4, 0.5) is 13.2 Å². The number of rotatable bonds is 14. The van der Waals surface area contributed by atoms with Gasteiger partial charge in [0, 0.05) is 18.1 Å². The molecular formula is C41H35F3N4O7. The van der Waals surface area contributed by atoms with E-state index in [4.69, 9.17) is 19.3 Å². The minimum absolute atomic E-state index is 0.0429. The molecule has 11 nitrogen and oxygen atoms in total. The van der Waals surface area contributed by atoms with Crippen molar-refractivity contribution < 1.29 is 46.9 Å². The molecule has 0 aliphatic heterocycles. The molecule has 0 saturated heterocycles. The van der Waals surface area contributed by atoms with Crippen LogP contribution in [0.15, 0.2) is 115 Å². The zero-order valence-corrected chi connectivity index (χ0v) is 29.6. The molecule has 2 atom stereocenters. The number of esters is 1. The maximum Gasteiger partial charge on any atom is 0.416 e. The number of aromatic nitrogens is 3.